The van der Waals surface area contributed by atoms with Crippen molar-refractivity contribution < 1.29 is 48.0 Å². The van der Waals surface area contributed by atoms with Gasteiger partial charge in [-0.05, 0) is 36.6 Å². The molecule has 3 rings (SSSR count). The van der Waals surface area contributed by atoms with Crippen LogP contribution in [0.4, 0.5) is 0 Å². The molecule has 0 radical (unpaired) electrons. The van der Waals surface area contributed by atoms with E-state index in [9.17, 15) is 29.1 Å². The molecule has 2 amide bonds. The maximum Gasteiger partial charge on any atom is 0.355 e. The number of allylic oxidation sites excluding steroid dienone is 1. The van der Waals surface area contributed by atoms with E-state index in [4.69, 9.17) is 18.9 Å². The first kappa shape index (κ1) is 32.7. The Balaban J connectivity index is 1.88. The number of β-lactam (4-membered cyclic amide) rings is 1. The molecular formula is C29H36N2O10S. The Morgan fingerprint density at radius 1 is 1.07 bits per heavy atom. The highest BCUT2D eigenvalue weighted by molar-refractivity contribution is 8.01. The predicted octanol–water partition coefficient (Wildman–Crippen LogP) is 1.86. The van der Waals surface area contributed by atoms with Gasteiger partial charge >= 0.3 is 17.9 Å². The van der Waals surface area contributed by atoms with E-state index in [2.05, 4.69) is 5.32 Å². The maximum absolute atomic E-state index is 13.2. The van der Waals surface area contributed by atoms with Gasteiger partial charge in [0.15, 0.2) is 12.7 Å². The highest BCUT2D eigenvalue weighted by Crippen LogP contribution is 2.46. The van der Waals surface area contributed by atoms with Crippen molar-refractivity contribution >= 4 is 41.5 Å². The van der Waals surface area contributed by atoms with Crippen molar-refractivity contribution in [1.82, 2.24) is 10.2 Å². The molecule has 1 aromatic carbocycles. The summed E-state index contributed by atoms with van der Waals surface area (Å²) in [6.07, 6.45) is 3.33. The first-order valence-corrected chi connectivity index (χ1v) is 14.6. The first-order chi connectivity index (χ1) is 20.2. The summed E-state index contributed by atoms with van der Waals surface area (Å²) in [6.45, 7) is 3.76. The number of esters is 3. The molecule has 12 nitrogen and oxygen atoms in total. The zero-order valence-electron chi connectivity index (χ0n) is 23.8. The first-order valence-electron chi connectivity index (χ1n) is 13.7. The van der Waals surface area contributed by atoms with Crippen molar-refractivity contribution in [3.8, 4) is 5.75 Å². The van der Waals surface area contributed by atoms with Crippen LogP contribution >= 0.6 is 11.8 Å². The van der Waals surface area contributed by atoms with Crippen LogP contribution in [0.15, 0.2) is 53.8 Å². The Hall–Kier alpha value is -3.84. The molecule has 1 aromatic rings. The zero-order valence-corrected chi connectivity index (χ0v) is 24.6. The number of thioether (sulfide) groups is 1. The Labute approximate surface area is 248 Å². The van der Waals surface area contributed by atoms with Crippen LogP contribution in [0.1, 0.15) is 39.5 Å². The lowest BCUT2D eigenvalue weighted by molar-refractivity contribution is -0.154. The normalized spacial score (nSPS) is 20.3. The van der Waals surface area contributed by atoms with Gasteiger partial charge in [0, 0.05) is 6.08 Å². The van der Waals surface area contributed by atoms with Gasteiger partial charge in [-0.3, -0.25) is 14.5 Å². The Morgan fingerprint density at radius 3 is 2.38 bits per heavy atom. The number of nitrogens with one attached hydrogen (secondary N) is 1. The maximum atomic E-state index is 13.2. The van der Waals surface area contributed by atoms with Crippen LogP contribution in [0, 0.1) is 0 Å². The molecule has 42 heavy (non-hydrogen) atoms. The van der Waals surface area contributed by atoms with Crippen LogP contribution in [-0.4, -0.2) is 89.4 Å². The standard InChI is InChI=1S/C29H36N2O10S/c1-4-6-15-39-21(33)14-13-19-23(28(36)38-3)31-26(35)22(30-20(32)17-41-18-11-9-8-10-12-18)27(31)42-25(19)24(34)29(37)40-16-7-5-2/h8-14,22,24-25,27,34H,4-7,15-17H2,1-3H3,(H,30,32)/b14-13+/t22-,24?,25?,27-/m1/s1. The number of carbonyl (C=O) groups excluding carboxylic acids is 5. The summed E-state index contributed by atoms with van der Waals surface area (Å²) in [5, 5.41) is 11.6. The van der Waals surface area contributed by atoms with Gasteiger partial charge in [-0.1, -0.05) is 44.9 Å². The summed E-state index contributed by atoms with van der Waals surface area (Å²) >= 11 is 0.968. The molecule has 2 unspecified atom stereocenters. The number of methoxy groups -OCH3 is 1. The molecular weight excluding hydrogens is 568 g/mol. The number of aliphatic hydroxyl groups excluding tert-OH is 1. The Kier molecular flexibility index (Phi) is 12.4. The van der Waals surface area contributed by atoms with Gasteiger partial charge in [-0.25, -0.2) is 14.4 Å². The number of amides is 2. The quantitative estimate of drug-likeness (QED) is 0.0990. The number of para-hydroxylation sites is 1. The topological polar surface area (TPSA) is 158 Å². The van der Waals surface area contributed by atoms with Gasteiger partial charge in [0.25, 0.3) is 11.8 Å². The van der Waals surface area contributed by atoms with Crippen molar-refractivity contribution in [2.75, 3.05) is 26.9 Å². The lowest BCUT2D eigenvalue weighted by Gasteiger charge is -2.51. The molecule has 13 heteroatoms. The number of unbranched alkanes of at least 4 members (excludes halogenated alkanes) is 2. The molecule has 0 aromatic heterocycles. The molecule has 2 aliphatic heterocycles. The minimum atomic E-state index is -1.77. The van der Waals surface area contributed by atoms with E-state index in [1.54, 1.807) is 30.3 Å². The third-order valence-corrected chi connectivity index (χ3v) is 7.94. The van der Waals surface area contributed by atoms with Gasteiger partial charge in [-0.15, -0.1) is 11.8 Å². The minimum absolute atomic E-state index is 0.000945. The van der Waals surface area contributed by atoms with Crippen LogP contribution in [0.25, 0.3) is 0 Å². The van der Waals surface area contributed by atoms with E-state index in [0.717, 1.165) is 42.7 Å². The SMILES string of the molecule is CCCCOC(=O)/C=C/C1=C(C(=O)OC)N2C(=O)[C@@H](NC(=O)COc3ccccc3)[C@H]2SC1C(O)C(=O)OCCCC. The number of nitrogens with zero attached hydrogens (tertiary/aromatic N) is 1. The number of hydrogen-bond acceptors (Lipinski definition) is 11. The van der Waals surface area contributed by atoms with Crippen LogP contribution < -0.4 is 10.1 Å². The molecule has 0 spiro atoms. The molecule has 2 aliphatic rings. The molecule has 4 atom stereocenters. The van der Waals surface area contributed by atoms with Crippen LogP contribution in [0.3, 0.4) is 0 Å². The number of carbonyl (C=O) groups is 5. The smallest absolute Gasteiger partial charge is 0.355 e. The number of fused-ring (bicyclic) bond motifs is 1. The number of ether oxygens (including phenoxy) is 4. The minimum Gasteiger partial charge on any atom is -0.484 e. The fourth-order valence-corrected chi connectivity index (χ4v) is 5.70. The fourth-order valence-electron chi connectivity index (χ4n) is 4.13. The third kappa shape index (κ3) is 8.13. The summed E-state index contributed by atoms with van der Waals surface area (Å²) in [7, 11) is 1.11. The summed E-state index contributed by atoms with van der Waals surface area (Å²) < 4.78 is 20.7. The van der Waals surface area contributed by atoms with Gasteiger partial charge in [-0.2, -0.15) is 0 Å². The Bertz CT molecular complexity index is 1200. The summed E-state index contributed by atoms with van der Waals surface area (Å²) in [4.78, 5) is 65.0. The number of hydrogen-bond donors (Lipinski definition) is 2. The van der Waals surface area contributed by atoms with E-state index >= 15 is 0 Å². The van der Waals surface area contributed by atoms with Crippen molar-refractivity contribution in [3.05, 3.63) is 53.8 Å². The molecule has 2 heterocycles. The van der Waals surface area contributed by atoms with E-state index in [-0.39, 0.29) is 31.1 Å². The third-order valence-electron chi connectivity index (χ3n) is 6.37. The number of rotatable bonds is 15. The second-order valence-corrected chi connectivity index (χ2v) is 10.7. The van der Waals surface area contributed by atoms with Gasteiger partial charge in [0.2, 0.25) is 0 Å². The molecule has 2 N–H and O–H groups in total. The second-order valence-electron chi connectivity index (χ2n) is 9.42. The molecule has 0 saturated carbocycles. The van der Waals surface area contributed by atoms with E-state index in [0.29, 0.717) is 18.6 Å². The molecule has 0 aliphatic carbocycles. The highest BCUT2D eigenvalue weighted by atomic mass is 32.2. The van der Waals surface area contributed by atoms with E-state index in [1.807, 2.05) is 13.8 Å². The van der Waals surface area contributed by atoms with Crippen molar-refractivity contribution in [2.45, 2.75) is 62.3 Å². The predicted molar refractivity (Wildman–Crippen MR) is 152 cm³/mol. The average molecular weight is 605 g/mol. The van der Waals surface area contributed by atoms with E-state index in [1.165, 1.54) is 6.08 Å². The van der Waals surface area contributed by atoms with Crippen molar-refractivity contribution in [1.29, 1.82) is 0 Å². The van der Waals surface area contributed by atoms with E-state index < -0.39 is 52.5 Å². The fraction of sp³-hybridized carbons (Fsp3) is 0.483. The highest BCUT2D eigenvalue weighted by Gasteiger charge is 2.57. The summed E-state index contributed by atoms with van der Waals surface area (Å²) in [6, 6.07) is 7.55. The summed E-state index contributed by atoms with van der Waals surface area (Å²) in [5.41, 5.74) is -0.263. The van der Waals surface area contributed by atoms with Crippen LogP contribution in [0.2, 0.25) is 0 Å². The molecule has 1 saturated heterocycles. The van der Waals surface area contributed by atoms with Crippen LogP contribution in [0.5, 0.6) is 5.75 Å². The Morgan fingerprint density at radius 2 is 1.74 bits per heavy atom. The molecule has 1 fully saturated rings. The van der Waals surface area contributed by atoms with Crippen molar-refractivity contribution in [2.24, 2.45) is 0 Å². The lowest BCUT2D eigenvalue weighted by atomic mass is 9.97. The molecule has 0 bridgehead atoms. The second kappa shape index (κ2) is 16.0. The lowest BCUT2D eigenvalue weighted by Crippen LogP contribution is -2.72. The van der Waals surface area contributed by atoms with Crippen LogP contribution in [-0.2, 0) is 38.2 Å². The number of benzene rings is 1. The van der Waals surface area contributed by atoms with Gasteiger partial charge in [0.1, 0.15) is 22.9 Å². The zero-order chi connectivity index (χ0) is 30.6. The van der Waals surface area contributed by atoms with Gasteiger partial charge in [0.05, 0.1) is 25.6 Å². The van der Waals surface area contributed by atoms with Gasteiger partial charge < -0.3 is 29.4 Å². The van der Waals surface area contributed by atoms with Crippen molar-refractivity contribution in [3.63, 3.8) is 0 Å². The molecule has 228 valence electrons. The number of aliphatic hydroxyl groups is 1. The largest absolute Gasteiger partial charge is 0.484 e. The summed E-state index contributed by atoms with van der Waals surface area (Å²) in [5.74, 6) is -3.30. The monoisotopic (exact) mass is 604 g/mol. The average Bonchev–Trinajstić information content (AvgIpc) is 3.00.